The lowest BCUT2D eigenvalue weighted by Gasteiger charge is -2.11. The van der Waals surface area contributed by atoms with E-state index in [1.165, 1.54) is 5.56 Å². The largest absolute Gasteiger partial charge is 0.298 e. The van der Waals surface area contributed by atoms with Crippen LogP contribution in [0.25, 0.3) is 0 Å². The molecule has 0 amide bonds. The molecule has 0 bridgehead atoms. The quantitative estimate of drug-likeness (QED) is 0.823. The summed E-state index contributed by atoms with van der Waals surface area (Å²) in [6.07, 6.45) is 0. The van der Waals surface area contributed by atoms with Crippen LogP contribution >= 0.6 is 15.9 Å². The summed E-state index contributed by atoms with van der Waals surface area (Å²) in [7, 11) is 0. The molecule has 0 saturated heterocycles. The first kappa shape index (κ1) is 10.2. The highest BCUT2D eigenvalue weighted by molar-refractivity contribution is 9.10. The van der Waals surface area contributed by atoms with Crippen LogP contribution in [0, 0.1) is 11.3 Å². The first-order valence-electron chi connectivity index (χ1n) is 4.10. The number of rotatable bonds is 3. The van der Waals surface area contributed by atoms with Gasteiger partial charge in [-0.05, 0) is 24.6 Å². The van der Waals surface area contributed by atoms with Crippen molar-refractivity contribution in [2.45, 2.75) is 13.0 Å². The average molecular weight is 239 g/mol. The van der Waals surface area contributed by atoms with E-state index >= 15 is 0 Å². The SMILES string of the molecule is C[C@@H](NCC#N)c1cccc(Br)c1. The second-order valence-electron chi connectivity index (χ2n) is 2.82. The minimum atomic E-state index is 0.220. The molecule has 1 rings (SSSR count). The number of benzene rings is 1. The Hall–Kier alpha value is -0.850. The third-order valence-corrected chi connectivity index (χ3v) is 2.33. The van der Waals surface area contributed by atoms with Crippen LogP contribution in [0.2, 0.25) is 0 Å². The molecule has 3 heteroatoms. The zero-order valence-electron chi connectivity index (χ0n) is 7.42. The predicted molar refractivity (Wildman–Crippen MR) is 56.2 cm³/mol. The van der Waals surface area contributed by atoms with E-state index < -0.39 is 0 Å². The lowest BCUT2D eigenvalue weighted by atomic mass is 10.1. The molecular formula is C10H11BrN2. The molecule has 0 spiro atoms. The van der Waals surface area contributed by atoms with E-state index in [2.05, 4.69) is 33.4 Å². The Bertz CT molecular complexity index is 317. The maximum absolute atomic E-state index is 8.39. The van der Waals surface area contributed by atoms with Gasteiger partial charge < -0.3 is 0 Å². The van der Waals surface area contributed by atoms with Gasteiger partial charge in [0, 0.05) is 10.5 Å². The van der Waals surface area contributed by atoms with E-state index in [9.17, 15) is 0 Å². The zero-order chi connectivity index (χ0) is 9.68. The van der Waals surface area contributed by atoms with Gasteiger partial charge >= 0.3 is 0 Å². The van der Waals surface area contributed by atoms with Crippen molar-refractivity contribution in [1.82, 2.24) is 5.32 Å². The molecule has 1 aromatic rings. The number of nitrogens with zero attached hydrogens (tertiary/aromatic N) is 1. The lowest BCUT2D eigenvalue weighted by Crippen LogP contribution is -2.18. The molecule has 68 valence electrons. The van der Waals surface area contributed by atoms with Crippen LogP contribution in [0.3, 0.4) is 0 Å². The van der Waals surface area contributed by atoms with Gasteiger partial charge in [0.05, 0.1) is 12.6 Å². The Morgan fingerprint density at radius 2 is 2.38 bits per heavy atom. The highest BCUT2D eigenvalue weighted by Gasteiger charge is 2.03. The number of nitriles is 1. The molecule has 0 aromatic heterocycles. The number of nitrogens with one attached hydrogen (secondary N) is 1. The molecule has 0 unspecified atom stereocenters. The van der Waals surface area contributed by atoms with Crippen molar-refractivity contribution in [3.05, 3.63) is 34.3 Å². The normalized spacial score (nSPS) is 12.1. The molecule has 0 saturated carbocycles. The summed E-state index contributed by atoms with van der Waals surface area (Å²) < 4.78 is 1.07. The lowest BCUT2D eigenvalue weighted by molar-refractivity contribution is 0.621. The fourth-order valence-electron chi connectivity index (χ4n) is 1.09. The van der Waals surface area contributed by atoms with Crippen molar-refractivity contribution in [3.8, 4) is 6.07 Å². The van der Waals surface area contributed by atoms with Gasteiger partial charge in [0.2, 0.25) is 0 Å². The van der Waals surface area contributed by atoms with Gasteiger partial charge in [0.15, 0.2) is 0 Å². The van der Waals surface area contributed by atoms with Gasteiger partial charge in [0.25, 0.3) is 0 Å². The first-order valence-corrected chi connectivity index (χ1v) is 4.89. The van der Waals surface area contributed by atoms with Crippen LogP contribution in [0.15, 0.2) is 28.7 Å². The van der Waals surface area contributed by atoms with Crippen molar-refractivity contribution in [2.24, 2.45) is 0 Å². The monoisotopic (exact) mass is 238 g/mol. The first-order chi connectivity index (χ1) is 6.24. The van der Waals surface area contributed by atoms with Crippen molar-refractivity contribution >= 4 is 15.9 Å². The summed E-state index contributed by atoms with van der Waals surface area (Å²) in [5.74, 6) is 0. The Kier molecular flexibility index (Phi) is 3.94. The summed E-state index contributed by atoms with van der Waals surface area (Å²) in [5, 5.41) is 11.5. The maximum atomic E-state index is 8.39. The van der Waals surface area contributed by atoms with E-state index in [0.29, 0.717) is 6.54 Å². The van der Waals surface area contributed by atoms with Crippen molar-refractivity contribution < 1.29 is 0 Å². The van der Waals surface area contributed by atoms with Crippen LogP contribution in [0.1, 0.15) is 18.5 Å². The van der Waals surface area contributed by atoms with Crippen LogP contribution in [0.4, 0.5) is 0 Å². The predicted octanol–water partition coefficient (Wildman–Crippen LogP) is 2.62. The third kappa shape index (κ3) is 3.17. The van der Waals surface area contributed by atoms with Gasteiger partial charge in [-0.25, -0.2) is 0 Å². The fraction of sp³-hybridized carbons (Fsp3) is 0.300. The average Bonchev–Trinajstić information content (AvgIpc) is 2.14. The van der Waals surface area contributed by atoms with E-state index in [1.807, 2.05) is 25.1 Å². The zero-order valence-corrected chi connectivity index (χ0v) is 9.01. The molecule has 0 radical (unpaired) electrons. The fourth-order valence-corrected chi connectivity index (χ4v) is 1.51. The maximum Gasteiger partial charge on any atom is 0.0845 e. The molecule has 0 aliphatic heterocycles. The molecule has 0 aliphatic rings. The third-order valence-electron chi connectivity index (χ3n) is 1.84. The smallest absolute Gasteiger partial charge is 0.0845 e. The van der Waals surface area contributed by atoms with Crippen molar-refractivity contribution in [3.63, 3.8) is 0 Å². The summed E-state index contributed by atoms with van der Waals surface area (Å²) in [6, 6.07) is 10.3. The Labute approximate surface area is 86.7 Å². The van der Waals surface area contributed by atoms with Crippen LogP contribution in [-0.2, 0) is 0 Å². The second-order valence-corrected chi connectivity index (χ2v) is 3.73. The van der Waals surface area contributed by atoms with E-state index in [1.54, 1.807) is 0 Å². The van der Waals surface area contributed by atoms with Crippen LogP contribution in [0.5, 0.6) is 0 Å². The van der Waals surface area contributed by atoms with Gasteiger partial charge in [-0.2, -0.15) is 5.26 Å². The number of halogens is 1. The van der Waals surface area contributed by atoms with Gasteiger partial charge in [-0.15, -0.1) is 0 Å². The molecule has 1 aromatic carbocycles. The topological polar surface area (TPSA) is 35.8 Å². The van der Waals surface area contributed by atoms with Gasteiger partial charge in [-0.3, -0.25) is 5.32 Å². The molecular weight excluding hydrogens is 228 g/mol. The molecule has 0 aliphatic carbocycles. The minimum Gasteiger partial charge on any atom is -0.298 e. The molecule has 0 fully saturated rings. The summed E-state index contributed by atoms with van der Waals surface area (Å²) in [6.45, 7) is 2.42. The van der Waals surface area contributed by atoms with Crippen LogP contribution < -0.4 is 5.32 Å². The second kappa shape index (κ2) is 5.00. The Morgan fingerprint density at radius 1 is 1.62 bits per heavy atom. The van der Waals surface area contributed by atoms with Gasteiger partial charge in [-0.1, -0.05) is 28.1 Å². The van der Waals surface area contributed by atoms with Gasteiger partial charge in [0.1, 0.15) is 0 Å². The Balaban J connectivity index is 2.66. The standard InChI is InChI=1S/C10H11BrN2/c1-8(13-6-5-12)9-3-2-4-10(11)7-9/h2-4,7-8,13H,6H2,1H3/t8-/m1/s1. The highest BCUT2D eigenvalue weighted by atomic mass is 79.9. The highest BCUT2D eigenvalue weighted by Crippen LogP contribution is 2.17. The van der Waals surface area contributed by atoms with E-state index in [0.717, 1.165) is 4.47 Å². The van der Waals surface area contributed by atoms with Crippen molar-refractivity contribution in [1.29, 1.82) is 5.26 Å². The molecule has 0 heterocycles. The summed E-state index contributed by atoms with van der Waals surface area (Å²) in [4.78, 5) is 0. The Morgan fingerprint density at radius 3 is 3.00 bits per heavy atom. The summed E-state index contributed by atoms with van der Waals surface area (Å²) >= 11 is 3.41. The number of hydrogen-bond donors (Lipinski definition) is 1. The minimum absolute atomic E-state index is 0.220. The van der Waals surface area contributed by atoms with E-state index in [-0.39, 0.29) is 6.04 Å². The molecule has 2 nitrogen and oxygen atoms in total. The van der Waals surface area contributed by atoms with Crippen LogP contribution in [-0.4, -0.2) is 6.54 Å². The number of hydrogen-bond acceptors (Lipinski definition) is 2. The molecule has 1 atom stereocenters. The molecule has 13 heavy (non-hydrogen) atoms. The van der Waals surface area contributed by atoms with E-state index in [4.69, 9.17) is 5.26 Å². The summed E-state index contributed by atoms with van der Waals surface area (Å²) in [5.41, 5.74) is 1.18. The molecule has 1 N–H and O–H groups in total. The van der Waals surface area contributed by atoms with Crippen molar-refractivity contribution in [2.75, 3.05) is 6.54 Å².